The standard InChI is InChI=1S/C15H16ClN5/c1-15(2,3)10-6-4-5-7-11(10)18-12-9-8-17-21-13(9)20-14(16)19-12/h4-8H,1-3H3,(H2,17,18,19,20,21). The van der Waals surface area contributed by atoms with E-state index >= 15 is 0 Å². The van der Waals surface area contributed by atoms with Gasteiger partial charge >= 0.3 is 0 Å². The van der Waals surface area contributed by atoms with Crippen LogP contribution in [-0.4, -0.2) is 20.2 Å². The molecule has 6 heteroatoms. The second-order valence-electron chi connectivity index (χ2n) is 5.89. The van der Waals surface area contributed by atoms with Crippen molar-refractivity contribution in [3.63, 3.8) is 0 Å². The van der Waals surface area contributed by atoms with Gasteiger partial charge in [-0.3, -0.25) is 5.10 Å². The largest absolute Gasteiger partial charge is 0.339 e. The van der Waals surface area contributed by atoms with Crippen LogP contribution in [0.25, 0.3) is 11.0 Å². The minimum absolute atomic E-state index is 0.0237. The molecule has 0 radical (unpaired) electrons. The van der Waals surface area contributed by atoms with Crippen LogP contribution in [0.3, 0.4) is 0 Å². The smallest absolute Gasteiger partial charge is 0.226 e. The van der Waals surface area contributed by atoms with Crippen LogP contribution >= 0.6 is 11.6 Å². The second kappa shape index (κ2) is 5.00. The summed E-state index contributed by atoms with van der Waals surface area (Å²) >= 11 is 5.97. The molecule has 2 N–H and O–H groups in total. The van der Waals surface area contributed by atoms with Crippen LogP contribution in [0.5, 0.6) is 0 Å². The van der Waals surface area contributed by atoms with Crippen molar-refractivity contribution in [2.24, 2.45) is 0 Å². The van der Waals surface area contributed by atoms with E-state index in [4.69, 9.17) is 11.6 Å². The SMILES string of the molecule is CC(C)(C)c1ccccc1Nc1nc(Cl)nc2[nH]ncc12. The summed E-state index contributed by atoms with van der Waals surface area (Å²) in [5.74, 6) is 0.649. The minimum atomic E-state index is 0.0237. The number of nitrogens with zero attached hydrogens (tertiary/aromatic N) is 3. The van der Waals surface area contributed by atoms with Gasteiger partial charge in [0.1, 0.15) is 5.82 Å². The maximum Gasteiger partial charge on any atom is 0.226 e. The third kappa shape index (κ3) is 2.69. The zero-order valence-electron chi connectivity index (χ0n) is 12.1. The average Bonchev–Trinajstić information content (AvgIpc) is 2.86. The van der Waals surface area contributed by atoms with Gasteiger partial charge in [-0.1, -0.05) is 39.0 Å². The van der Waals surface area contributed by atoms with Gasteiger partial charge in [-0.05, 0) is 28.6 Å². The Kier molecular flexibility index (Phi) is 3.29. The molecule has 0 amide bonds. The summed E-state index contributed by atoms with van der Waals surface area (Å²) in [6.07, 6.45) is 1.69. The van der Waals surface area contributed by atoms with Crippen molar-refractivity contribution in [2.45, 2.75) is 26.2 Å². The zero-order chi connectivity index (χ0) is 15.0. The van der Waals surface area contributed by atoms with Gasteiger partial charge in [-0.25, -0.2) is 0 Å². The first-order chi connectivity index (χ1) is 9.95. The quantitative estimate of drug-likeness (QED) is 0.701. The molecule has 0 atom stereocenters. The minimum Gasteiger partial charge on any atom is -0.339 e. The van der Waals surface area contributed by atoms with Crippen LogP contribution in [0.4, 0.5) is 11.5 Å². The summed E-state index contributed by atoms with van der Waals surface area (Å²) < 4.78 is 0. The number of benzene rings is 1. The van der Waals surface area contributed by atoms with E-state index in [0.29, 0.717) is 11.5 Å². The van der Waals surface area contributed by atoms with E-state index in [-0.39, 0.29) is 10.7 Å². The molecule has 0 fully saturated rings. The van der Waals surface area contributed by atoms with E-state index in [9.17, 15) is 0 Å². The van der Waals surface area contributed by atoms with Crippen LogP contribution < -0.4 is 5.32 Å². The number of rotatable bonds is 2. The zero-order valence-corrected chi connectivity index (χ0v) is 12.9. The summed E-state index contributed by atoms with van der Waals surface area (Å²) in [6.45, 7) is 6.52. The Morgan fingerprint density at radius 3 is 2.67 bits per heavy atom. The Labute approximate surface area is 127 Å². The number of hydrogen-bond donors (Lipinski definition) is 2. The molecule has 0 aliphatic carbocycles. The fourth-order valence-electron chi connectivity index (χ4n) is 2.28. The second-order valence-corrected chi connectivity index (χ2v) is 6.23. The van der Waals surface area contributed by atoms with Crippen LogP contribution in [0.15, 0.2) is 30.5 Å². The molecule has 0 unspecified atom stereocenters. The molecule has 0 saturated carbocycles. The Bertz CT molecular complexity index is 788. The van der Waals surface area contributed by atoms with Crippen molar-refractivity contribution in [1.29, 1.82) is 0 Å². The lowest BCUT2D eigenvalue weighted by Gasteiger charge is -2.23. The molecule has 0 saturated heterocycles. The normalized spacial score (nSPS) is 11.8. The predicted molar refractivity (Wildman–Crippen MR) is 85.1 cm³/mol. The van der Waals surface area contributed by atoms with Crippen molar-refractivity contribution in [2.75, 3.05) is 5.32 Å². The molecular weight excluding hydrogens is 286 g/mol. The molecule has 0 aliphatic rings. The van der Waals surface area contributed by atoms with Gasteiger partial charge in [0.05, 0.1) is 11.6 Å². The first-order valence-corrected chi connectivity index (χ1v) is 7.06. The topological polar surface area (TPSA) is 66.5 Å². The third-order valence-corrected chi connectivity index (χ3v) is 3.44. The summed E-state index contributed by atoms with van der Waals surface area (Å²) in [6, 6.07) is 8.17. The van der Waals surface area contributed by atoms with Crippen molar-refractivity contribution in [3.8, 4) is 0 Å². The molecule has 21 heavy (non-hydrogen) atoms. The van der Waals surface area contributed by atoms with E-state index in [1.165, 1.54) is 5.56 Å². The van der Waals surface area contributed by atoms with E-state index in [0.717, 1.165) is 11.1 Å². The van der Waals surface area contributed by atoms with Crippen LogP contribution in [0.2, 0.25) is 5.28 Å². The van der Waals surface area contributed by atoms with Crippen molar-refractivity contribution in [1.82, 2.24) is 20.2 Å². The molecule has 2 aromatic heterocycles. The lowest BCUT2D eigenvalue weighted by atomic mass is 9.86. The number of aromatic amines is 1. The molecule has 0 bridgehead atoms. The van der Waals surface area contributed by atoms with E-state index in [2.05, 4.69) is 52.3 Å². The van der Waals surface area contributed by atoms with Gasteiger partial charge in [0, 0.05) is 5.69 Å². The Morgan fingerprint density at radius 2 is 1.90 bits per heavy atom. The number of aromatic nitrogens is 4. The molecule has 0 aliphatic heterocycles. The van der Waals surface area contributed by atoms with E-state index in [1.807, 2.05) is 18.2 Å². The number of nitrogens with one attached hydrogen (secondary N) is 2. The van der Waals surface area contributed by atoms with E-state index in [1.54, 1.807) is 6.20 Å². The lowest BCUT2D eigenvalue weighted by Crippen LogP contribution is -2.13. The van der Waals surface area contributed by atoms with Crippen LogP contribution in [0, 0.1) is 0 Å². The molecule has 0 spiro atoms. The van der Waals surface area contributed by atoms with Gasteiger partial charge in [0.2, 0.25) is 5.28 Å². The van der Waals surface area contributed by atoms with Crippen molar-refractivity contribution < 1.29 is 0 Å². The van der Waals surface area contributed by atoms with E-state index < -0.39 is 0 Å². The predicted octanol–water partition coefficient (Wildman–Crippen LogP) is 4.05. The Morgan fingerprint density at radius 1 is 1.14 bits per heavy atom. The fourth-order valence-corrected chi connectivity index (χ4v) is 2.45. The molecule has 2 heterocycles. The molecule has 3 aromatic rings. The number of fused-ring (bicyclic) bond motifs is 1. The van der Waals surface area contributed by atoms with Crippen molar-refractivity contribution in [3.05, 3.63) is 41.3 Å². The number of hydrogen-bond acceptors (Lipinski definition) is 4. The van der Waals surface area contributed by atoms with Gasteiger partial charge in [0.25, 0.3) is 0 Å². The summed E-state index contributed by atoms with van der Waals surface area (Å²) in [5.41, 5.74) is 2.85. The highest BCUT2D eigenvalue weighted by Gasteiger charge is 2.18. The maximum atomic E-state index is 5.97. The Hall–Kier alpha value is -2.14. The lowest BCUT2D eigenvalue weighted by molar-refractivity contribution is 0.592. The number of para-hydroxylation sites is 1. The van der Waals surface area contributed by atoms with Crippen LogP contribution in [-0.2, 0) is 5.41 Å². The van der Waals surface area contributed by atoms with Gasteiger partial charge in [-0.15, -0.1) is 0 Å². The third-order valence-electron chi connectivity index (χ3n) is 3.27. The van der Waals surface area contributed by atoms with Crippen LogP contribution in [0.1, 0.15) is 26.3 Å². The van der Waals surface area contributed by atoms with Gasteiger partial charge < -0.3 is 5.32 Å². The molecule has 1 aromatic carbocycles. The van der Waals surface area contributed by atoms with Crippen molar-refractivity contribution >= 4 is 34.1 Å². The summed E-state index contributed by atoms with van der Waals surface area (Å²) in [5, 5.41) is 11.1. The average molecular weight is 302 g/mol. The molecule has 5 nitrogen and oxygen atoms in total. The molecule has 108 valence electrons. The monoisotopic (exact) mass is 301 g/mol. The number of H-pyrrole nitrogens is 1. The number of anilines is 2. The Balaban J connectivity index is 2.09. The highest BCUT2D eigenvalue weighted by atomic mass is 35.5. The molecule has 3 rings (SSSR count). The fraction of sp³-hybridized carbons (Fsp3) is 0.267. The molecular formula is C15H16ClN5. The summed E-state index contributed by atoms with van der Waals surface area (Å²) in [4.78, 5) is 8.38. The first kappa shape index (κ1) is 13.8. The first-order valence-electron chi connectivity index (χ1n) is 6.68. The highest BCUT2D eigenvalue weighted by Crippen LogP contribution is 2.32. The van der Waals surface area contributed by atoms with Gasteiger partial charge in [0.15, 0.2) is 5.65 Å². The van der Waals surface area contributed by atoms with Gasteiger partial charge in [-0.2, -0.15) is 15.1 Å². The highest BCUT2D eigenvalue weighted by molar-refractivity contribution is 6.28. The summed E-state index contributed by atoms with van der Waals surface area (Å²) in [7, 11) is 0. The number of halogens is 1. The maximum absolute atomic E-state index is 5.97.